The van der Waals surface area contributed by atoms with Crippen LogP contribution in [0.5, 0.6) is 5.75 Å². The largest absolute Gasteiger partial charge is 0.493 e. The van der Waals surface area contributed by atoms with Crippen molar-refractivity contribution in [2.45, 2.75) is 26.3 Å². The van der Waals surface area contributed by atoms with Crippen LogP contribution in [0.4, 0.5) is 0 Å². The molecule has 0 saturated heterocycles. The Labute approximate surface area is 210 Å². The zero-order valence-corrected chi connectivity index (χ0v) is 21.1. The lowest BCUT2D eigenvalue weighted by Crippen LogP contribution is -2.40. The van der Waals surface area contributed by atoms with Crippen LogP contribution in [0.2, 0.25) is 10.0 Å². The van der Waals surface area contributed by atoms with Gasteiger partial charge in [0.2, 0.25) is 0 Å². The van der Waals surface area contributed by atoms with E-state index >= 15 is 0 Å². The molecule has 4 rings (SSSR count). The number of hydrogen-bond donors (Lipinski definition) is 0. The molecule has 1 aromatic heterocycles. The van der Waals surface area contributed by atoms with E-state index in [0.29, 0.717) is 48.6 Å². The minimum absolute atomic E-state index is 0.287. The summed E-state index contributed by atoms with van der Waals surface area (Å²) in [5, 5.41) is 0.753. The first-order chi connectivity index (χ1) is 16.4. The van der Waals surface area contributed by atoms with Crippen LogP contribution in [0, 0.1) is 0 Å². The highest BCUT2D eigenvalue weighted by atomic mass is 35.5. The van der Waals surface area contributed by atoms with E-state index < -0.39 is 12.0 Å². The van der Waals surface area contributed by atoms with Crippen molar-refractivity contribution < 1.29 is 14.3 Å². The van der Waals surface area contributed by atoms with E-state index in [0.717, 1.165) is 6.42 Å². The molecule has 0 spiro atoms. The van der Waals surface area contributed by atoms with Crippen LogP contribution in [0.1, 0.15) is 37.4 Å². The van der Waals surface area contributed by atoms with Gasteiger partial charge in [0, 0.05) is 5.56 Å². The number of ether oxygens (including phenoxy) is 2. The van der Waals surface area contributed by atoms with Crippen molar-refractivity contribution in [3.63, 3.8) is 0 Å². The number of hydrogen-bond acceptors (Lipinski definition) is 6. The van der Waals surface area contributed by atoms with Gasteiger partial charge in [0.15, 0.2) is 4.80 Å². The van der Waals surface area contributed by atoms with Crippen LogP contribution >= 0.6 is 34.5 Å². The van der Waals surface area contributed by atoms with E-state index in [2.05, 4.69) is 4.99 Å². The maximum atomic E-state index is 13.7. The van der Waals surface area contributed by atoms with Crippen LogP contribution < -0.4 is 19.6 Å². The van der Waals surface area contributed by atoms with Crippen molar-refractivity contribution >= 4 is 46.6 Å². The summed E-state index contributed by atoms with van der Waals surface area (Å²) in [5.74, 6) is 0.0432. The zero-order chi connectivity index (χ0) is 24.4. The van der Waals surface area contributed by atoms with Gasteiger partial charge in [-0.05, 0) is 37.1 Å². The predicted molar refractivity (Wildman–Crippen MR) is 134 cm³/mol. The summed E-state index contributed by atoms with van der Waals surface area (Å²) in [4.78, 5) is 31.6. The van der Waals surface area contributed by atoms with Gasteiger partial charge in [-0.15, -0.1) is 0 Å². The Morgan fingerprint density at radius 1 is 1.21 bits per heavy atom. The molecule has 1 atom stereocenters. The van der Waals surface area contributed by atoms with Crippen molar-refractivity contribution in [3.05, 3.63) is 94.6 Å². The fraction of sp³-hybridized carbons (Fsp3) is 0.240. The summed E-state index contributed by atoms with van der Waals surface area (Å²) >= 11 is 13.7. The van der Waals surface area contributed by atoms with Crippen molar-refractivity contribution in [1.82, 2.24) is 4.57 Å². The lowest BCUT2D eigenvalue weighted by Gasteiger charge is -2.26. The highest BCUT2D eigenvalue weighted by Crippen LogP contribution is 2.35. The molecule has 2 aromatic carbocycles. The number of carbonyl (C=O) groups excluding carboxylic acids is 1. The third-order valence-corrected chi connectivity index (χ3v) is 7.19. The molecule has 1 aliphatic rings. The fourth-order valence-corrected chi connectivity index (χ4v) is 5.21. The molecule has 6 nitrogen and oxygen atoms in total. The Hall–Kier alpha value is -2.87. The van der Waals surface area contributed by atoms with Crippen molar-refractivity contribution in [2.75, 3.05) is 13.7 Å². The van der Waals surface area contributed by atoms with Crippen molar-refractivity contribution in [1.29, 1.82) is 0 Å². The summed E-state index contributed by atoms with van der Waals surface area (Å²) in [6.07, 6.45) is 2.50. The first-order valence-electron chi connectivity index (χ1n) is 10.6. The van der Waals surface area contributed by atoms with E-state index in [1.807, 2.05) is 31.2 Å². The van der Waals surface area contributed by atoms with E-state index in [1.165, 1.54) is 23.0 Å². The number of aromatic nitrogens is 1. The molecule has 0 radical (unpaired) electrons. The number of benzene rings is 2. The van der Waals surface area contributed by atoms with Crippen LogP contribution in [-0.4, -0.2) is 24.3 Å². The van der Waals surface area contributed by atoms with Crippen LogP contribution in [0.25, 0.3) is 6.08 Å². The van der Waals surface area contributed by atoms with Gasteiger partial charge >= 0.3 is 5.97 Å². The number of para-hydroxylation sites is 1. The number of rotatable bonds is 6. The Morgan fingerprint density at radius 2 is 1.97 bits per heavy atom. The molecule has 2 heterocycles. The molecule has 0 fully saturated rings. The normalized spacial score (nSPS) is 15.7. The first kappa shape index (κ1) is 24.3. The summed E-state index contributed by atoms with van der Waals surface area (Å²) in [7, 11) is 1.31. The molecule has 0 bridgehead atoms. The summed E-state index contributed by atoms with van der Waals surface area (Å²) in [6.45, 7) is 4.25. The van der Waals surface area contributed by atoms with E-state index in [9.17, 15) is 9.59 Å². The number of thiazole rings is 1. The molecular formula is C25H22Cl2N2O4S. The predicted octanol–water partition coefficient (Wildman–Crippen LogP) is 4.50. The molecule has 0 N–H and O–H groups in total. The average molecular weight is 517 g/mol. The lowest BCUT2D eigenvalue weighted by molar-refractivity contribution is -0.136. The molecule has 176 valence electrons. The van der Waals surface area contributed by atoms with Crippen LogP contribution in [0.3, 0.4) is 0 Å². The molecule has 0 amide bonds. The van der Waals surface area contributed by atoms with Crippen LogP contribution in [0.15, 0.2) is 63.5 Å². The Bertz CT molecular complexity index is 1470. The number of allylic oxidation sites excluding steroid dienone is 1. The minimum atomic E-state index is -0.756. The van der Waals surface area contributed by atoms with E-state index in [1.54, 1.807) is 31.2 Å². The van der Waals surface area contributed by atoms with Gasteiger partial charge in [-0.3, -0.25) is 9.36 Å². The van der Waals surface area contributed by atoms with E-state index in [4.69, 9.17) is 32.7 Å². The summed E-state index contributed by atoms with van der Waals surface area (Å²) in [5.41, 5.74) is 1.76. The number of halogens is 2. The standard InChI is InChI=1S/C25H22Cl2N2O4S/c1-4-12-33-18-11-6-5-9-16(18)22-20(24(31)32-3)14(2)28-25-29(22)23(30)19(34-25)13-15-8-7-10-17(26)21(15)27/h5-11,13,22H,4,12H2,1-3H3/b19-13+/t22-/m1/s1. The van der Waals surface area contributed by atoms with Gasteiger partial charge in [-0.1, -0.05) is 71.8 Å². The van der Waals surface area contributed by atoms with Gasteiger partial charge in [-0.25, -0.2) is 9.79 Å². The second-order valence-electron chi connectivity index (χ2n) is 7.60. The molecular weight excluding hydrogens is 495 g/mol. The molecule has 0 saturated carbocycles. The highest BCUT2D eigenvalue weighted by Gasteiger charge is 2.34. The number of esters is 1. The van der Waals surface area contributed by atoms with Gasteiger partial charge in [0.25, 0.3) is 5.56 Å². The second-order valence-corrected chi connectivity index (χ2v) is 9.40. The number of nitrogens with zero attached hydrogens (tertiary/aromatic N) is 2. The molecule has 1 aliphatic heterocycles. The van der Waals surface area contributed by atoms with Crippen molar-refractivity contribution in [2.24, 2.45) is 4.99 Å². The average Bonchev–Trinajstić information content (AvgIpc) is 3.14. The smallest absolute Gasteiger partial charge is 0.338 e. The summed E-state index contributed by atoms with van der Waals surface area (Å²) in [6, 6.07) is 11.9. The molecule has 3 aromatic rings. The van der Waals surface area contributed by atoms with E-state index in [-0.39, 0.29) is 11.1 Å². The topological polar surface area (TPSA) is 69.9 Å². The lowest BCUT2D eigenvalue weighted by atomic mass is 9.95. The zero-order valence-electron chi connectivity index (χ0n) is 18.8. The highest BCUT2D eigenvalue weighted by molar-refractivity contribution is 7.07. The third-order valence-electron chi connectivity index (χ3n) is 5.37. The molecule has 0 aliphatic carbocycles. The Kier molecular flexibility index (Phi) is 7.26. The first-order valence-corrected chi connectivity index (χ1v) is 12.2. The number of fused-ring (bicyclic) bond motifs is 1. The monoisotopic (exact) mass is 516 g/mol. The molecule has 9 heteroatoms. The van der Waals surface area contributed by atoms with Crippen LogP contribution in [-0.2, 0) is 9.53 Å². The summed E-state index contributed by atoms with van der Waals surface area (Å²) < 4.78 is 13.0. The maximum absolute atomic E-state index is 13.7. The quantitative estimate of drug-likeness (QED) is 0.452. The maximum Gasteiger partial charge on any atom is 0.338 e. The van der Waals surface area contributed by atoms with Gasteiger partial charge in [-0.2, -0.15) is 0 Å². The van der Waals surface area contributed by atoms with Gasteiger partial charge in [0.1, 0.15) is 11.8 Å². The van der Waals surface area contributed by atoms with Gasteiger partial charge in [0.05, 0.1) is 39.6 Å². The number of methoxy groups -OCH3 is 1. The van der Waals surface area contributed by atoms with Crippen molar-refractivity contribution in [3.8, 4) is 5.75 Å². The SMILES string of the molecule is CCCOc1ccccc1[C@@H]1C(C(=O)OC)=C(C)N=c2s/c(=C/c3cccc(Cl)c3Cl)c(=O)n21. The second kappa shape index (κ2) is 10.2. The molecule has 0 unspecified atom stereocenters. The van der Waals surface area contributed by atoms with Gasteiger partial charge < -0.3 is 9.47 Å². The number of carbonyl (C=O) groups is 1. The Morgan fingerprint density at radius 3 is 2.71 bits per heavy atom. The third kappa shape index (κ3) is 4.43. The fourth-order valence-electron chi connectivity index (χ4n) is 3.81. The molecule has 34 heavy (non-hydrogen) atoms. The Balaban J connectivity index is 1.99. The minimum Gasteiger partial charge on any atom is -0.493 e.